The van der Waals surface area contributed by atoms with E-state index in [0.29, 0.717) is 0 Å². The first kappa shape index (κ1) is 32.6. The number of H-pyrrole nitrogens is 1. The monoisotopic (exact) mass is 678 g/mol. The summed E-state index contributed by atoms with van der Waals surface area (Å²) >= 11 is 11.6. The highest BCUT2D eigenvalue weighted by molar-refractivity contribution is 7.90. The molecular formula is C26H17Cl2F5N4O6S. The molecule has 0 spiro atoms. The van der Waals surface area contributed by atoms with Crippen LogP contribution in [0.1, 0.15) is 43.7 Å². The molecule has 0 aliphatic heterocycles. The lowest BCUT2D eigenvalue weighted by molar-refractivity contribution is -0.288. The molecule has 1 amide bonds. The summed E-state index contributed by atoms with van der Waals surface area (Å²) in [5.41, 5.74) is -1.59. The molecule has 2 aromatic carbocycles. The molecule has 0 bridgehead atoms. The molecule has 4 rings (SSSR count). The van der Waals surface area contributed by atoms with Crippen molar-refractivity contribution < 1.29 is 49.8 Å². The molecule has 44 heavy (non-hydrogen) atoms. The molecule has 4 aromatic rings. The van der Waals surface area contributed by atoms with Crippen molar-refractivity contribution in [2.24, 2.45) is 0 Å². The number of aromatic carboxylic acids is 1. The maximum atomic E-state index is 14.7. The number of nitrogens with zero attached hydrogens (tertiary/aromatic N) is 2. The third-order valence-electron chi connectivity index (χ3n) is 6.01. The van der Waals surface area contributed by atoms with Gasteiger partial charge in [0.05, 0.1) is 4.90 Å². The van der Waals surface area contributed by atoms with Crippen molar-refractivity contribution >= 4 is 45.1 Å². The van der Waals surface area contributed by atoms with E-state index < -0.39 is 62.2 Å². The maximum Gasteiger partial charge on any atom is 0.454 e. The molecule has 3 N–H and O–H groups in total. The van der Waals surface area contributed by atoms with Crippen LogP contribution in [0.3, 0.4) is 0 Å². The third kappa shape index (κ3) is 6.92. The molecule has 0 aliphatic carbocycles. The lowest BCUT2D eigenvalue weighted by Gasteiger charge is -2.27. The lowest BCUT2D eigenvalue weighted by atomic mass is 9.91. The van der Waals surface area contributed by atoms with Crippen molar-refractivity contribution in [3.05, 3.63) is 105 Å². The van der Waals surface area contributed by atoms with Gasteiger partial charge >= 0.3 is 18.1 Å². The van der Waals surface area contributed by atoms with E-state index in [1.165, 1.54) is 42.7 Å². The number of benzene rings is 2. The van der Waals surface area contributed by atoms with Gasteiger partial charge in [0, 0.05) is 28.5 Å². The van der Waals surface area contributed by atoms with Gasteiger partial charge in [0.1, 0.15) is 29.3 Å². The minimum Gasteiger partial charge on any atom is -0.489 e. The normalized spacial score (nSPS) is 12.9. The van der Waals surface area contributed by atoms with E-state index in [9.17, 15) is 40.0 Å². The Morgan fingerprint density at radius 3 is 2.20 bits per heavy atom. The Morgan fingerprint density at radius 2 is 1.64 bits per heavy atom. The van der Waals surface area contributed by atoms with Crippen molar-refractivity contribution in [3.8, 4) is 5.75 Å². The van der Waals surface area contributed by atoms with E-state index in [1.807, 2.05) is 9.71 Å². The number of carboxylic acids is 1. The molecule has 2 aromatic heterocycles. The highest BCUT2D eigenvalue weighted by Gasteiger charge is 2.64. The summed E-state index contributed by atoms with van der Waals surface area (Å²) in [6.45, 7) is -0.382. The fourth-order valence-electron chi connectivity index (χ4n) is 3.91. The van der Waals surface area contributed by atoms with E-state index in [4.69, 9.17) is 33.0 Å². The molecule has 0 aliphatic rings. The predicted octanol–water partition coefficient (Wildman–Crippen LogP) is 5.84. The van der Waals surface area contributed by atoms with Gasteiger partial charge in [0.25, 0.3) is 15.9 Å². The molecule has 0 radical (unpaired) electrons. The van der Waals surface area contributed by atoms with Gasteiger partial charge in [-0.3, -0.25) is 9.78 Å². The standard InChI is InChI=1S/C26H17Cl2F5N4O6S/c27-15-4-1-14(18(11-15)23(38)37-44(41,42)17-7-9-34-10-8-17)12-43-16-5-2-13(3-6-16)19(25(29,30)26(31,32)33)22-35-20(24(39)40)21(28)36-22/h1-11,19H,12H2,(H,35,36)(H,37,38)(H,39,40). The number of hydrogen-bond donors (Lipinski definition) is 3. The Kier molecular flexibility index (Phi) is 9.18. The number of aromatic nitrogens is 3. The van der Waals surface area contributed by atoms with Gasteiger partial charge in [-0.1, -0.05) is 41.4 Å². The smallest absolute Gasteiger partial charge is 0.454 e. The number of carboxylic acid groups (broad SMARTS) is 1. The Morgan fingerprint density at radius 1 is 1.00 bits per heavy atom. The zero-order chi connectivity index (χ0) is 32.4. The van der Waals surface area contributed by atoms with Crippen LogP contribution in [0.25, 0.3) is 0 Å². The number of halogens is 7. The van der Waals surface area contributed by atoms with Gasteiger partial charge in [0.15, 0.2) is 5.69 Å². The second-order valence-corrected chi connectivity index (χ2v) is 11.4. The molecule has 1 atom stereocenters. The summed E-state index contributed by atoms with van der Waals surface area (Å²) in [7, 11) is -4.28. The number of ether oxygens (including phenoxy) is 1. The van der Waals surface area contributed by atoms with Gasteiger partial charge in [-0.15, -0.1) is 0 Å². The molecule has 0 saturated carbocycles. The number of hydrogen-bond acceptors (Lipinski definition) is 7. The quantitative estimate of drug-likeness (QED) is 0.177. The second kappa shape index (κ2) is 12.4. The molecule has 2 heterocycles. The summed E-state index contributed by atoms with van der Waals surface area (Å²) in [4.78, 5) is 32.9. The van der Waals surface area contributed by atoms with Crippen LogP contribution in [0.15, 0.2) is 71.9 Å². The highest BCUT2D eigenvalue weighted by Crippen LogP contribution is 2.48. The minimum atomic E-state index is -6.05. The summed E-state index contributed by atoms with van der Waals surface area (Å²) in [6.07, 6.45) is -3.62. The average molecular weight is 679 g/mol. The van der Waals surface area contributed by atoms with E-state index in [0.717, 1.165) is 24.3 Å². The van der Waals surface area contributed by atoms with Crippen LogP contribution < -0.4 is 9.46 Å². The van der Waals surface area contributed by atoms with Crippen LogP contribution in [0.4, 0.5) is 22.0 Å². The molecule has 0 saturated heterocycles. The van der Waals surface area contributed by atoms with Gasteiger partial charge in [-0.05, 0) is 42.0 Å². The van der Waals surface area contributed by atoms with Gasteiger partial charge in [-0.25, -0.2) is 22.9 Å². The number of pyridine rings is 1. The summed E-state index contributed by atoms with van der Waals surface area (Å²) in [5, 5.41) is 8.45. The topological polar surface area (TPSA) is 151 Å². The van der Waals surface area contributed by atoms with Crippen molar-refractivity contribution in [3.63, 3.8) is 0 Å². The van der Waals surface area contributed by atoms with E-state index >= 15 is 0 Å². The molecule has 1 unspecified atom stereocenters. The first-order chi connectivity index (χ1) is 20.5. The highest BCUT2D eigenvalue weighted by atomic mass is 35.5. The summed E-state index contributed by atoms with van der Waals surface area (Å²) in [6, 6.07) is 10.2. The Bertz CT molecular complexity index is 1800. The molecule has 18 heteroatoms. The van der Waals surface area contributed by atoms with E-state index in [1.54, 1.807) is 0 Å². The van der Waals surface area contributed by atoms with Crippen LogP contribution in [-0.2, 0) is 16.6 Å². The zero-order valence-electron chi connectivity index (χ0n) is 21.6. The molecule has 232 valence electrons. The summed E-state index contributed by atoms with van der Waals surface area (Å²) < 4.78 is 102. The number of sulfonamides is 1. The fourth-order valence-corrected chi connectivity index (χ4v) is 5.25. The SMILES string of the molecule is O=C(NS(=O)(=O)c1ccncc1)c1cc(Cl)ccc1COc1ccc(C(c2nc(C(=O)O)c(Cl)[nH]2)C(F)(F)C(F)(F)F)cc1. The van der Waals surface area contributed by atoms with Crippen molar-refractivity contribution in [1.82, 2.24) is 19.7 Å². The number of nitrogens with one attached hydrogen (secondary N) is 2. The lowest BCUT2D eigenvalue weighted by Crippen LogP contribution is -2.43. The van der Waals surface area contributed by atoms with Crippen molar-refractivity contribution in [2.75, 3.05) is 0 Å². The first-order valence-electron chi connectivity index (χ1n) is 11.9. The van der Waals surface area contributed by atoms with Crippen LogP contribution in [0, 0.1) is 0 Å². The number of imidazole rings is 1. The average Bonchev–Trinajstić information content (AvgIpc) is 3.33. The number of carbonyl (C=O) groups is 2. The zero-order valence-corrected chi connectivity index (χ0v) is 23.9. The number of aromatic amines is 1. The molecule has 10 nitrogen and oxygen atoms in total. The third-order valence-corrected chi connectivity index (χ3v) is 7.86. The number of rotatable bonds is 10. The molecular weight excluding hydrogens is 662 g/mol. The van der Waals surface area contributed by atoms with Crippen LogP contribution >= 0.6 is 23.2 Å². The summed E-state index contributed by atoms with van der Waals surface area (Å²) in [5.74, 6) is -12.1. The van der Waals surface area contributed by atoms with Crippen molar-refractivity contribution in [1.29, 1.82) is 0 Å². The van der Waals surface area contributed by atoms with Gasteiger partial charge < -0.3 is 14.8 Å². The number of amides is 1. The minimum absolute atomic E-state index is 0.0442. The van der Waals surface area contributed by atoms with E-state index in [-0.39, 0.29) is 33.4 Å². The maximum absolute atomic E-state index is 14.7. The number of alkyl halides is 5. The van der Waals surface area contributed by atoms with E-state index in [2.05, 4.69) is 9.97 Å². The predicted molar refractivity (Wildman–Crippen MR) is 145 cm³/mol. The van der Waals surface area contributed by atoms with Crippen molar-refractivity contribution in [2.45, 2.75) is 29.5 Å². The van der Waals surface area contributed by atoms with Crippen LogP contribution in [-0.4, -0.2) is 52.5 Å². The Balaban J connectivity index is 1.58. The number of carbonyl (C=O) groups excluding carboxylic acids is 1. The Hall–Kier alpha value is -4.28. The second-order valence-electron chi connectivity index (χ2n) is 8.92. The fraction of sp³-hybridized carbons (Fsp3) is 0.154. The molecule has 0 fully saturated rings. The Labute approximate surface area is 254 Å². The van der Waals surface area contributed by atoms with Gasteiger partial charge in [0.2, 0.25) is 0 Å². The largest absolute Gasteiger partial charge is 0.489 e. The van der Waals surface area contributed by atoms with Gasteiger partial charge in [-0.2, -0.15) is 22.0 Å². The first-order valence-corrected chi connectivity index (χ1v) is 14.2. The van der Waals surface area contributed by atoms with Crippen LogP contribution in [0.2, 0.25) is 10.2 Å². The van der Waals surface area contributed by atoms with Crippen LogP contribution in [0.5, 0.6) is 5.75 Å².